The average Bonchev–Trinajstić information content (AvgIpc) is 2.52. The maximum absolute atomic E-state index is 12.4. The Balaban J connectivity index is 1.60. The first-order chi connectivity index (χ1) is 11.0. The van der Waals surface area contributed by atoms with Crippen LogP contribution in [0.5, 0.6) is 5.75 Å². The monoisotopic (exact) mass is 312 g/mol. The zero-order valence-electron chi connectivity index (χ0n) is 13.3. The zero-order valence-corrected chi connectivity index (χ0v) is 13.3. The second kappa shape index (κ2) is 6.01. The molecule has 1 N–H and O–H groups in total. The summed E-state index contributed by atoms with van der Waals surface area (Å²) in [6.45, 7) is 4.23. The van der Waals surface area contributed by atoms with Crippen molar-refractivity contribution in [1.29, 1.82) is 0 Å². The molecule has 1 fully saturated rings. The number of carbonyl (C=O) groups is 1. The van der Waals surface area contributed by atoms with E-state index in [0.29, 0.717) is 5.75 Å². The molecule has 120 valence electrons. The summed E-state index contributed by atoms with van der Waals surface area (Å²) in [7, 11) is 0. The van der Waals surface area contributed by atoms with E-state index in [1.165, 1.54) is 0 Å². The van der Waals surface area contributed by atoms with Crippen LogP contribution in [0.4, 0.5) is 0 Å². The lowest BCUT2D eigenvalue weighted by Gasteiger charge is -2.47. The van der Waals surface area contributed by atoms with E-state index < -0.39 is 11.7 Å². The Morgan fingerprint density at radius 3 is 2.78 bits per heavy atom. The first-order valence-corrected chi connectivity index (χ1v) is 7.63. The van der Waals surface area contributed by atoms with Gasteiger partial charge in [0.05, 0.1) is 13.1 Å². The molecule has 1 aliphatic rings. The molecule has 23 heavy (non-hydrogen) atoms. The van der Waals surface area contributed by atoms with Crippen LogP contribution >= 0.6 is 0 Å². The minimum atomic E-state index is -1.01. The van der Waals surface area contributed by atoms with Crippen LogP contribution < -0.4 is 4.74 Å². The summed E-state index contributed by atoms with van der Waals surface area (Å²) in [5, 5.41) is 10.5. The molecular formula is C18H20N2O3. The lowest BCUT2D eigenvalue weighted by Crippen LogP contribution is -2.63. The van der Waals surface area contributed by atoms with E-state index >= 15 is 0 Å². The standard InChI is InChI=1S/C18H20N2O3/c1-13-5-3-7-16(9-13)23-14(2)17(21)20-11-18(22,12-20)15-6-4-8-19-10-15/h3-10,14,22H,11-12H2,1-2H3. The molecular weight excluding hydrogens is 292 g/mol. The number of pyridine rings is 1. The Kier molecular flexibility index (Phi) is 4.05. The quantitative estimate of drug-likeness (QED) is 0.936. The van der Waals surface area contributed by atoms with Crippen molar-refractivity contribution in [1.82, 2.24) is 9.88 Å². The Bertz CT molecular complexity index is 696. The molecule has 0 spiro atoms. The molecule has 1 aliphatic heterocycles. The predicted molar refractivity (Wildman–Crippen MR) is 86.0 cm³/mol. The van der Waals surface area contributed by atoms with Gasteiger partial charge < -0.3 is 14.7 Å². The fourth-order valence-electron chi connectivity index (χ4n) is 2.76. The van der Waals surface area contributed by atoms with Gasteiger partial charge in [-0.1, -0.05) is 18.2 Å². The van der Waals surface area contributed by atoms with Crippen LogP contribution in [-0.2, 0) is 10.4 Å². The average molecular weight is 312 g/mol. The normalized spacial score (nSPS) is 17.3. The molecule has 3 rings (SSSR count). The van der Waals surface area contributed by atoms with Crippen molar-refractivity contribution < 1.29 is 14.6 Å². The number of nitrogens with zero attached hydrogens (tertiary/aromatic N) is 2. The van der Waals surface area contributed by atoms with Gasteiger partial charge in [-0.25, -0.2) is 0 Å². The molecule has 0 bridgehead atoms. The maximum atomic E-state index is 12.4. The maximum Gasteiger partial charge on any atom is 0.263 e. The molecule has 5 heteroatoms. The number of ether oxygens (including phenoxy) is 1. The number of aliphatic hydroxyl groups is 1. The van der Waals surface area contributed by atoms with Crippen LogP contribution in [0.25, 0.3) is 0 Å². The SMILES string of the molecule is Cc1cccc(OC(C)C(=O)N2CC(O)(c3cccnc3)C2)c1. The topological polar surface area (TPSA) is 62.7 Å². The molecule has 2 aromatic rings. The molecule has 1 atom stereocenters. The van der Waals surface area contributed by atoms with E-state index in [2.05, 4.69) is 4.98 Å². The number of aryl methyl sites for hydroxylation is 1. The van der Waals surface area contributed by atoms with Gasteiger partial charge in [0.15, 0.2) is 6.10 Å². The molecule has 1 amide bonds. The Morgan fingerprint density at radius 2 is 2.13 bits per heavy atom. The van der Waals surface area contributed by atoms with Crippen molar-refractivity contribution in [3.05, 3.63) is 59.9 Å². The van der Waals surface area contributed by atoms with Crippen LogP contribution in [0, 0.1) is 6.92 Å². The van der Waals surface area contributed by atoms with E-state index in [1.807, 2.05) is 37.3 Å². The second-order valence-corrected chi connectivity index (χ2v) is 6.04. The number of likely N-dealkylation sites (tertiary alicyclic amines) is 1. The molecule has 1 unspecified atom stereocenters. The number of hydrogen-bond acceptors (Lipinski definition) is 4. The summed E-state index contributed by atoms with van der Waals surface area (Å²) < 4.78 is 5.70. The van der Waals surface area contributed by atoms with Crippen molar-refractivity contribution in [2.24, 2.45) is 0 Å². The minimum absolute atomic E-state index is 0.125. The first kappa shape index (κ1) is 15.5. The summed E-state index contributed by atoms with van der Waals surface area (Å²) in [4.78, 5) is 18.0. The molecule has 0 aliphatic carbocycles. The third kappa shape index (κ3) is 3.19. The molecule has 1 saturated heterocycles. The number of benzene rings is 1. The summed E-state index contributed by atoms with van der Waals surface area (Å²) in [6.07, 6.45) is 2.70. The van der Waals surface area contributed by atoms with Gasteiger partial charge in [-0.05, 0) is 37.6 Å². The Labute approximate surface area is 135 Å². The lowest BCUT2D eigenvalue weighted by atomic mass is 9.87. The highest BCUT2D eigenvalue weighted by Crippen LogP contribution is 2.32. The lowest BCUT2D eigenvalue weighted by molar-refractivity contribution is -0.163. The van der Waals surface area contributed by atoms with E-state index in [9.17, 15) is 9.90 Å². The van der Waals surface area contributed by atoms with Gasteiger partial charge in [0.2, 0.25) is 0 Å². The highest BCUT2D eigenvalue weighted by molar-refractivity contribution is 5.82. The summed E-state index contributed by atoms with van der Waals surface area (Å²) in [6, 6.07) is 11.2. The summed E-state index contributed by atoms with van der Waals surface area (Å²) in [5.41, 5.74) is 0.806. The van der Waals surface area contributed by atoms with Crippen molar-refractivity contribution in [2.75, 3.05) is 13.1 Å². The van der Waals surface area contributed by atoms with Crippen LogP contribution in [0.2, 0.25) is 0 Å². The smallest absolute Gasteiger partial charge is 0.263 e. The van der Waals surface area contributed by atoms with Crippen LogP contribution in [-0.4, -0.2) is 40.1 Å². The highest BCUT2D eigenvalue weighted by atomic mass is 16.5. The van der Waals surface area contributed by atoms with Crippen molar-refractivity contribution in [3.63, 3.8) is 0 Å². The summed E-state index contributed by atoms with van der Waals surface area (Å²) >= 11 is 0. The molecule has 0 saturated carbocycles. The van der Waals surface area contributed by atoms with Crippen molar-refractivity contribution >= 4 is 5.91 Å². The Hall–Kier alpha value is -2.40. The molecule has 1 aromatic carbocycles. The van der Waals surface area contributed by atoms with E-state index in [0.717, 1.165) is 11.1 Å². The number of rotatable bonds is 4. The first-order valence-electron chi connectivity index (χ1n) is 7.63. The number of amides is 1. The Morgan fingerprint density at radius 1 is 1.35 bits per heavy atom. The van der Waals surface area contributed by atoms with E-state index in [-0.39, 0.29) is 19.0 Å². The predicted octanol–water partition coefficient (Wildman–Crippen LogP) is 1.89. The minimum Gasteiger partial charge on any atom is -0.481 e. The third-order valence-corrected chi connectivity index (χ3v) is 4.07. The summed E-state index contributed by atoms with van der Waals surface area (Å²) in [5.74, 6) is 0.550. The van der Waals surface area contributed by atoms with Gasteiger partial charge in [-0.15, -0.1) is 0 Å². The third-order valence-electron chi connectivity index (χ3n) is 4.07. The van der Waals surface area contributed by atoms with Gasteiger partial charge in [0.1, 0.15) is 11.4 Å². The van der Waals surface area contributed by atoms with Gasteiger partial charge in [-0.3, -0.25) is 9.78 Å². The van der Waals surface area contributed by atoms with Crippen molar-refractivity contribution in [3.8, 4) is 5.75 Å². The number of carbonyl (C=O) groups excluding carboxylic acids is 1. The van der Waals surface area contributed by atoms with Gasteiger partial charge >= 0.3 is 0 Å². The molecule has 2 heterocycles. The highest BCUT2D eigenvalue weighted by Gasteiger charge is 2.46. The van der Waals surface area contributed by atoms with Gasteiger partial charge in [0.25, 0.3) is 5.91 Å². The fourth-order valence-corrected chi connectivity index (χ4v) is 2.76. The number of β-amino-alcohol motifs (C(OH)–C–C–N with tert-alkyl or cyclic N) is 1. The fraction of sp³-hybridized carbons (Fsp3) is 0.333. The number of aromatic nitrogens is 1. The zero-order chi connectivity index (χ0) is 16.4. The van der Waals surface area contributed by atoms with E-state index in [4.69, 9.17) is 4.74 Å². The van der Waals surface area contributed by atoms with Gasteiger partial charge in [0, 0.05) is 18.0 Å². The van der Waals surface area contributed by atoms with Crippen LogP contribution in [0.1, 0.15) is 18.1 Å². The van der Waals surface area contributed by atoms with Crippen molar-refractivity contribution in [2.45, 2.75) is 25.6 Å². The van der Waals surface area contributed by atoms with E-state index in [1.54, 1.807) is 30.3 Å². The molecule has 0 radical (unpaired) electrons. The van der Waals surface area contributed by atoms with Gasteiger partial charge in [-0.2, -0.15) is 0 Å². The van der Waals surface area contributed by atoms with Crippen LogP contribution in [0.3, 0.4) is 0 Å². The molecule has 1 aromatic heterocycles. The largest absolute Gasteiger partial charge is 0.481 e. The van der Waals surface area contributed by atoms with Crippen LogP contribution in [0.15, 0.2) is 48.8 Å². The number of hydrogen-bond donors (Lipinski definition) is 1. The molecule has 5 nitrogen and oxygen atoms in total. The second-order valence-electron chi connectivity index (χ2n) is 6.04.